The summed E-state index contributed by atoms with van der Waals surface area (Å²) >= 11 is 11.5. The minimum atomic E-state index is -4.82. The lowest BCUT2D eigenvalue weighted by Gasteiger charge is -2.31. The molecule has 0 aliphatic carbocycles. The highest BCUT2D eigenvalue weighted by molar-refractivity contribution is 6.42. The van der Waals surface area contributed by atoms with E-state index in [1.807, 2.05) is 0 Å². The van der Waals surface area contributed by atoms with Crippen molar-refractivity contribution in [3.8, 4) is 0 Å². The van der Waals surface area contributed by atoms with Gasteiger partial charge in [-0.3, -0.25) is 4.79 Å². The van der Waals surface area contributed by atoms with Crippen molar-refractivity contribution >= 4 is 29.1 Å². The molecule has 0 aliphatic heterocycles. The van der Waals surface area contributed by atoms with E-state index >= 15 is 0 Å². The van der Waals surface area contributed by atoms with E-state index < -0.39 is 17.6 Å². The predicted octanol–water partition coefficient (Wildman–Crippen LogP) is 3.23. The zero-order valence-electron chi connectivity index (χ0n) is 10.8. The number of hydrogen-bond acceptors (Lipinski definition) is 2. The molecule has 2 N–H and O–H groups in total. The third-order valence-electron chi connectivity index (χ3n) is 2.78. The molecule has 0 fully saturated rings. The maximum Gasteiger partial charge on any atom is 0.415 e. The minimum absolute atomic E-state index is 0.0570. The first kappa shape index (κ1) is 17.1. The first-order valence-electron chi connectivity index (χ1n) is 5.52. The van der Waals surface area contributed by atoms with Gasteiger partial charge < -0.3 is 10.6 Å². The Balaban J connectivity index is 2.88. The lowest BCUT2D eigenvalue weighted by molar-refractivity contribution is -0.193. The fourth-order valence-corrected chi connectivity index (χ4v) is 1.82. The zero-order valence-corrected chi connectivity index (χ0v) is 12.3. The van der Waals surface area contributed by atoms with Crippen molar-refractivity contribution < 1.29 is 18.0 Å². The molecule has 0 aliphatic rings. The number of hydrogen-bond donors (Lipinski definition) is 1. The first-order valence-corrected chi connectivity index (χ1v) is 6.27. The Hall–Kier alpha value is -0.980. The van der Waals surface area contributed by atoms with Crippen LogP contribution in [0.5, 0.6) is 0 Å². The van der Waals surface area contributed by atoms with E-state index in [1.54, 1.807) is 6.07 Å². The van der Waals surface area contributed by atoms with Gasteiger partial charge in [0.25, 0.3) is 5.91 Å². The molecule has 0 bridgehead atoms. The number of carbonyl (C=O) groups excluding carboxylic acids is 1. The first-order chi connectivity index (χ1) is 8.96. The van der Waals surface area contributed by atoms with Gasteiger partial charge in [0.1, 0.15) is 0 Å². The normalized spacial score (nSPS) is 14.8. The highest BCUT2D eigenvalue weighted by atomic mass is 35.5. The Bertz CT molecular complexity index is 518. The third-order valence-corrected chi connectivity index (χ3v) is 3.52. The number of amides is 1. The summed E-state index contributed by atoms with van der Waals surface area (Å²) < 4.78 is 38.1. The summed E-state index contributed by atoms with van der Waals surface area (Å²) in [6.07, 6.45) is -4.82. The molecular weight excluding hydrogens is 316 g/mol. The second-order valence-corrected chi connectivity index (χ2v) is 5.42. The van der Waals surface area contributed by atoms with Crippen molar-refractivity contribution in [3.05, 3.63) is 33.8 Å². The average Bonchev–Trinajstić information content (AvgIpc) is 2.31. The number of alkyl halides is 3. The van der Waals surface area contributed by atoms with Crippen LogP contribution in [0.25, 0.3) is 0 Å². The molecule has 0 heterocycles. The Morgan fingerprint density at radius 3 is 2.30 bits per heavy atom. The van der Waals surface area contributed by atoms with Crippen molar-refractivity contribution in [1.29, 1.82) is 0 Å². The van der Waals surface area contributed by atoms with Crippen LogP contribution in [-0.2, 0) is 11.3 Å². The number of carbonyl (C=O) groups is 1. The molecule has 1 aromatic carbocycles. The number of rotatable bonds is 3. The molecular formula is C12H13Cl2F3N2O. The van der Waals surface area contributed by atoms with Crippen LogP contribution in [0.4, 0.5) is 13.2 Å². The van der Waals surface area contributed by atoms with Crippen LogP contribution in [-0.4, -0.2) is 29.6 Å². The van der Waals surface area contributed by atoms with Gasteiger partial charge in [0, 0.05) is 13.6 Å². The predicted molar refractivity (Wildman–Crippen MR) is 71.6 cm³/mol. The van der Waals surface area contributed by atoms with E-state index in [-0.39, 0.29) is 11.6 Å². The zero-order chi connectivity index (χ0) is 15.7. The molecule has 0 aromatic heterocycles. The van der Waals surface area contributed by atoms with Gasteiger partial charge in [0.05, 0.1) is 10.0 Å². The molecule has 0 saturated heterocycles. The van der Waals surface area contributed by atoms with Crippen LogP contribution in [0.15, 0.2) is 18.2 Å². The van der Waals surface area contributed by atoms with Crippen LogP contribution in [0, 0.1) is 0 Å². The number of benzene rings is 1. The molecule has 0 saturated carbocycles. The summed E-state index contributed by atoms with van der Waals surface area (Å²) in [5, 5.41) is 0.583. The van der Waals surface area contributed by atoms with E-state index in [1.165, 1.54) is 19.2 Å². The van der Waals surface area contributed by atoms with Crippen molar-refractivity contribution in [2.24, 2.45) is 5.73 Å². The van der Waals surface area contributed by atoms with E-state index in [4.69, 9.17) is 28.9 Å². The fourth-order valence-electron chi connectivity index (χ4n) is 1.50. The maximum atomic E-state index is 12.7. The molecule has 1 atom stereocenters. The summed E-state index contributed by atoms with van der Waals surface area (Å²) in [4.78, 5) is 12.7. The lowest BCUT2D eigenvalue weighted by atomic mass is 10.0. The van der Waals surface area contributed by atoms with E-state index in [9.17, 15) is 18.0 Å². The van der Waals surface area contributed by atoms with Crippen LogP contribution in [0.1, 0.15) is 12.5 Å². The molecule has 1 aromatic rings. The van der Waals surface area contributed by atoms with Gasteiger partial charge in [0.2, 0.25) is 0 Å². The van der Waals surface area contributed by atoms with Gasteiger partial charge in [0.15, 0.2) is 5.54 Å². The van der Waals surface area contributed by atoms with Gasteiger partial charge in [-0.05, 0) is 24.6 Å². The molecule has 3 nitrogen and oxygen atoms in total. The highest BCUT2D eigenvalue weighted by Crippen LogP contribution is 2.30. The lowest BCUT2D eigenvalue weighted by Crippen LogP contribution is -2.61. The summed E-state index contributed by atoms with van der Waals surface area (Å²) in [5.74, 6) is -1.23. The quantitative estimate of drug-likeness (QED) is 0.925. The molecule has 0 radical (unpaired) electrons. The highest BCUT2D eigenvalue weighted by Gasteiger charge is 2.54. The largest absolute Gasteiger partial charge is 0.415 e. The second kappa shape index (κ2) is 5.79. The molecule has 1 unspecified atom stereocenters. The Morgan fingerprint density at radius 2 is 1.85 bits per heavy atom. The monoisotopic (exact) mass is 328 g/mol. The smallest absolute Gasteiger partial charge is 0.340 e. The van der Waals surface area contributed by atoms with E-state index in [0.29, 0.717) is 17.5 Å². The standard InChI is InChI=1S/C12H13Cl2F3N2O/c1-11(18,12(15,16)17)10(20)19(2)6-7-3-4-8(13)9(14)5-7/h3-5H,6,18H2,1-2H3. The van der Waals surface area contributed by atoms with Crippen LogP contribution < -0.4 is 5.73 Å². The minimum Gasteiger partial charge on any atom is -0.340 e. The van der Waals surface area contributed by atoms with Gasteiger partial charge in [-0.15, -0.1) is 0 Å². The van der Waals surface area contributed by atoms with E-state index in [2.05, 4.69) is 0 Å². The van der Waals surface area contributed by atoms with Gasteiger partial charge in [-0.2, -0.15) is 13.2 Å². The number of likely N-dealkylation sites (N-methyl/N-ethyl adjacent to an activating group) is 1. The molecule has 20 heavy (non-hydrogen) atoms. The number of nitrogens with zero attached hydrogens (tertiary/aromatic N) is 1. The van der Waals surface area contributed by atoms with E-state index in [0.717, 1.165) is 4.90 Å². The Kier molecular flexibility index (Phi) is 4.94. The SMILES string of the molecule is CN(Cc1ccc(Cl)c(Cl)c1)C(=O)C(C)(N)C(F)(F)F. The molecule has 0 spiro atoms. The van der Waals surface area contributed by atoms with Crippen molar-refractivity contribution in [3.63, 3.8) is 0 Å². The molecule has 1 rings (SSSR count). The van der Waals surface area contributed by atoms with Gasteiger partial charge in [-0.1, -0.05) is 29.3 Å². The average molecular weight is 329 g/mol. The summed E-state index contributed by atoms with van der Waals surface area (Å²) in [6, 6.07) is 4.55. The molecule has 8 heteroatoms. The van der Waals surface area contributed by atoms with Gasteiger partial charge in [-0.25, -0.2) is 0 Å². The van der Waals surface area contributed by atoms with Crippen LogP contribution in [0.2, 0.25) is 10.0 Å². The topological polar surface area (TPSA) is 46.3 Å². The van der Waals surface area contributed by atoms with Crippen LogP contribution in [0.3, 0.4) is 0 Å². The Morgan fingerprint density at radius 1 is 1.30 bits per heavy atom. The number of halogens is 5. The van der Waals surface area contributed by atoms with Crippen molar-refractivity contribution in [1.82, 2.24) is 4.90 Å². The number of nitrogens with two attached hydrogens (primary N) is 1. The van der Waals surface area contributed by atoms with Crippen molar-refractivity contribution in [2.45, 2.75) is 25.2 Å². The summed E-state index contributed by atoms with van der Waals surface area (Å²) in [6.45, 7) is 0.583. The second-order valence-electron chi connectivity index (χ2n) is 4.61. The van der Waals surface area contributed by atoms with Crippen molar-refractivity contribution in [2.75, 3.05) is 7.05 Å². The molecule has 112 valence electrons. The van der Waals surface area contributed by atoms with Crippen LogP contribution >= 0.6 is 23.2 Å². The summed E-state index contributed by atoms with van der Waals surface area (Å²) in [7, 11) is 1.24. The third kappa shape index (κ3) is 3.56. The summed E-state index contributed by atoms with van der Waals surface area (Å²) in [5.41, 5.74) is 2.70. The molecule has 1 amide bonds. The Labute approximate surface area is 124 Å². The van der Waals surface area contributed by atoms with Gasteiger partial charge >= 0.3 is 6.18 Å². The maximum absolute atomic E-state index is 12.7. The fraction of sp³-hybridized carbons (Fsp3) is 0.417.